The van der Waals surface area contributed by atoms with Gasteiger partial charge < -0.3 is 10.6 Å². The summed E-state index contributed by atoms with van der Waals surface area (Å²) in [5, 5.41) is 8.44. The van der Waals surface area contributed by atoms with Crippen molar-refractivity contribution in [2.24, 2.45) is 39.9 Å². The largest absolute Gasteiger partial charge is 0.313 e. The lowest BCUT2D eigenvalue weighted by Gasteiger charge is -2.46. The van der Waals surface area contributed by atoms with Crippen LogP contribution in [0.2, 0.25) is 0 Å². The van der Waals surface area contributed by atoms with Crippen LogP contribution in [0.3, 0.4) is 0 Å². The van der Waals surface area contributed by atoms with E-state index in [0.717, 1.165) is 23.7 Å². The van der Waals surface area contributed by atoms with Crippen LogP contribution in [-0.2, 0) is 0 Å². The SMILES string of the molecule is CC(C)CC(CNC1CCCCC1C(C)(C)C)(CNC1CCCCC1C(C)(C)C)CC(C)C. The first-order valence-corrected chi connectivity index (χ1v) is 14.7. The van der Waals surface area contributed by atoms with E-state index in [4.69, 9.17) is 0 Å². The van der Waals surface area contributed by atoms with Gasteiger partial charge >= 0.3 is 0 Å². The molecule has 4 atom stereocenters. The molecule has 0 aliphatic heterocycles. The van der Waals surface area contributed by atoms with E-state index >= 15 is 0 Å². The second kappa shape index (κ2) is 12.2. The summed E-state index contributed by atoms with van der Waals surface area (Å²) in [5.41, 5.74) is 1.15. The Hall–Kier alpha value is -0.0800. The molecule has 0 spiro atoms. The second-order valence-electron chi connectivity index (χ2n) is 15.2. The highest BCUT2D eigenvalue weighted by Gasteiger charge is 2.39. The van der Waals surface area contributed by atoms with Crippen LogP contribution in [0.25, 0.3) is 0 Å². The molecule has 0 aromatic carbocycles. The summed E-state index contributed by atoms with van der Waals surface area (Å²) in [6, 6.07) is 1.38. The van der Waals surface area contributed by atoms with Crippen LogP contribution < -0.4 is 10.6 Å². The van der Waals surface area contributed by atoms with Crippen molar-refractivity contribution in [2.45, 2.75) is 146 Å². The molecule has 2 fully saturated rings. The standard InChI is InChI=1S/C31H62N2/c1-23(2)19-31(20-24(3)4,21-32-27-17-13-11-15-25(27)29(5,6)7)22-33-28-18-14-12-16-26(28)30(8,9)10/h23-28,32-33H,11-22H2,1-10H3. The van der Waals surface area contributed by atoms with E-state index < -0.39 is 0 Å². The Morgan fingerprint density at radius 1 is 0.576 bits per heavy atom. The van der Waals surface area contributed by atoms with Crippen molar-refractivity contribution in [3.8, 4) is 0 Å². The van der Waals surface area contributed by atoms with Crippen LogP contribution in [-0.4, -0.2) is 25.2 Å². The van der Waals surface area contributed by atoms with Crippen LogP contribution in [0.1, 0.15) is 133 Å². The van der Waals surface area contributed by atoms with E-state index in [9.17, 15) is 0 Å². The minimum absolute atomic E-state index is 0.349. The summed E-state index contributed by atoms with van der Waals surface area (Å²) in [6.07, 6.45) is 13.8. The first-order chi connectivity index (χ1) is 15.2. The fourth-order valence-corrected chi connectivity index (χ4v) is 7.69. The number of hydrogen-bond acceptors (Lipinski definition) is 2. The Labute approximate surface area is 209 Å². The summed E-state index contributed by atoms with van der Waals surface area (Å²) in [6.45, 7) is 26.9. The maximum Gasteiger partial charge on any atom is 0.0101 e. The zero-order valence-corrected chi connectivity index (χ0v) is 24.4. The van der Waals surface area contributed by atoms with Gasteiger partial charge in [-0.3, -0.25) is 0 Å². The molecular formula is C31H62N2. The van der Waals surface area contributed by atoms with E-state index in [0.29, 0.717) is 28.3 Å². The third-order valence-electron chi connectivity index (χ3n) is 8.92. The Morgan fingerprint density at radius 2 is 0.909 bits per heavy atom. The van der Waals surface area contributed by atoms with E-state index in [1.807, 2.05) is 0 Å². The molecule has 0 aromatic rings. The summed E-state index contributed by atoms with van der Waals surface area (Å²) in [7, 11) is 0. The predicted molar refractivity (Wildman–Crippen MR) is 148 cm³/mol. The molecule has 2 aliphatic rings. The highest BCUT2D eigenvalue weighted by atomic mass is 15.0. The molecule has 0 aromatic heterocycles. The van der Waals surface area contributed by atoms with Gasteiger partial charge in [-0.15, -0.1) is 0 Å². The molecule has 0 radical (unpaired) electrons. The van der Waals surface area contributed by atoms with Crippen molar-refractivity contribution in [3.05, 3.63) is 0 Å². The zero-order valence-electron chi connectivity index (χ0n) is 24.4. The van der Waals surface area contributed by atoms with Crippen LogP contribution in [0, 0.1) is 39.9 Å². The van der Waals surface area contributed by atoms with Crippen LogP contribution >= 0.6 is 0 Å². The number of hydrogen-bond donors (Lipinski definition) is 2. The van der Waals surface area contributed by atoms with Gasteiger partial charge in [-0.05, 0) is 78.4 Å². The topological polar surface area (TPSA) is 24.1 Å². The van der Waals surface area contributed by atoms with Gasteiger partial charge in [-0.25, -0.2) is 0 Å². The molecule has 0 saturated heterocycles. The Balaban J connectivity index is 2.18. The summed E-state index contributed by atoms with van der Waals surface area (Å²) in [4.78, 5) is 0. The van der Waals surface area contributed by atoms with E-state index in [2.05, 4.69) is 79.9 Å². The van der Waals surface area contributed by atoms with Crippen LogP contribution in [0.15, 0.2) is 0 Å². The molecule has 2 nitrogen and oxygen atoms in total. The molecule has 2 aliphatic carbocycles. The molecule has 0 amide bonds. The third kappa shape index (κ3) is 9.14. The zero-order chi connectivity index (χ0) is 24.9. The van der Waals surface area contributed by atoms with Crippen molar-refractivity contribution < 1.29 is 0 Å². The molecule has 2 heteroatoms. The molecule has 196 valence electrons. The molecule has 0 bridgehead atoms. The lowest BCUT2D eigenvalue weighted by Crippen LogP contribution is -2.53. The highest BCUT2D eigenvalue weighted by Crippen LogP contribution is 2.41. The number of rotatable bonds is 10. The fraction of sp³-hybridized carbons (Fsp3) is 1.00. The van der Waals surface area contributed by atoms with Crippen LogP contribution in [0.4, 0.5) is 0 Å². The monoisotopic (exact) mass is 462 g/mol. The van der Waals surface area contributed by atoms with Gasteiger partial charge in [0.05, 0.1) is 0 Å². The Kier molecular flexibility index (Phi) is 10.8. The van der Waals surface area contributed by atoms with E-state index in [1.165, 1.54) is 77.3 Å². The van der Waals surface area contributed by atoms with E-state index in [1.54, 1.807) is 0 Å². The van der Waals surface area contributed by atoms with Gasteiger partial charge in [-0.2, -0.15) is 0 Å². The number of nitrogens with one attached hydrogen (secondary N) is 2. The molecule has 0 heterocycles. The molecule has 4 unspecified atom stereocenters. The van der Waals surface area contributed by atoms with Gasteiger partial charge in [0.1, 0.15) is 0 Å². The van der Waals surface area contributed by atoms with Crippen molar-refractivity contribution in [2.75, 3.05) is 13.1 Å². The minimum atomic E-state index is 0.349. The summed E-state index contributed by atoms with van der Waals surface area (Å²) >= 11 is 0. The van der Waals surface area contributed by atoms with E-state index in [-0.39, 0.29) is 0 Å². The van der Waals surface area contributed by atoms with Gasteiger partial charge in [-0.1, -0.05) is 94.9 Å². The average molecular weight is 463 g/mol. The highest BCUT2D eigenvalue weighted by molar-refractivity contribution is 4.95. The smallest absolute Gasteiger partial charge is 0.0101 e. The fourth-order valence-electron chi connectivity index (χ4n) is 7.69. The lowest BCUT2D eigenvalue weighted by atomic mass is 9.68. The Bertz CT molecular complexity index is 500. The lowest BCUT2D eigenvalue weighted by molar-refractivity contribution is 0.0862. The average Bonchev–Trinajstić information content (AvgIpc) is 2.69. The van der Waals surface area contributed by atoms with Crippen molar-refractivity contribution in [1.29, 1.82) is 0 Å². The van der Waals surface area contributed by atoms with Crippen LogP contribution in [0.5, 0.6) is 0 Å². The Morgan fingerprint density at radius 3 is 1.21 bits per heavy atom. The maximum absolute atomic E-state index is 4.22. The summed E-state index contributed by atoms with van der Waals surface area (Å²) < 4.78 is 0. The van der Waals surface area contributed by atoms with Gasteiger partial charge in [0, 0.05) is 25.2 Å². The van der Waals surface area contributed by atoms with Crippen molar-refractivity contribution in [1.82, 2.24) is 10.6 Å². The molecule has 2 N–H and O–H groups in total. The maximum atomic E-state index is 4.22. The van der Waals surface area contributed by atoms with Gasteiger partial charge in [0.2, 0.25) is 0 Å². The predicted octanol–water partition coefficient (Wildman–Crippen LogP) is 8.45. The minimum Gasteiger partial charge on any atom is -0.313 e. The second-order valence-corrected chi connectivity index (χ2v) is 15.2. The first kappa shape index (κ1) is 29.2. The van der Waals surface area contributed by atoms with Crippen molar-refractivity contribution >= 4 is 0 Å². The quantitative estimate of drug-likeness (QED) is 0.340. The third-order valence-corrected chi connectivity index (χ3v) is 8.92. The van der Waals surface area contributed by atoms with Gasteiger partial charge in [0.25, 0.3) is 0 Å². The first-order valence-electron chi connectivity index (χ1n) is 14.7. The van der Waals surface area contributed by atoms with Crippen molar-refractivity contribution in [3.63, 3.8) is 0 Å². The molecule has 2 rings (SSSR count). The van der Waals surface area contributed by atoms with Gasteiger partial charge in [0.15, 0.2) is 0 Å². The summed E-state index contributed by atoms with van der Waals surface area (Å²) in [5.74, 6) is 3.08. The normalized spacial score (nSPS) is 28.0. The molecule has 33 heavy (non-hydrogen) atoms. The molecular weight excluding hydrogens is 400 g/mol. The molecule has 2 saturated carbocycles.